The van der Waals surface area contributed by atoms with Gasteiger partial charge in [0, 0.05) is 43.7 Å². The van der Waals surface area contributed by atoms with Crippen molar-refractivity contribution in [3.8, 4) is 11.1 Å². The van der Waals surface area contributed by atoms with E-state index in [0.29, 0.717) is 44.3 Å². The van der Waals surface area contributed by atoms with Crippen LogP contribution in [0, 0.1) is 0 Å². The Morgan fingerprint density at radius 2 is 1.68 bits per heavy atom. The van der Waals surface area contributed by atoms with Gasteiger partial charge in [0.2, 0.25) is 11.9 Å². The van der Waals surface area contributed by atoms with Crippen LogP contribution in [0.1, 0.15) is 28.6 Å². The van der Waals surface area contributed by atoms with Crippen molar-refractivity contribution in [1.82, 2.24) is 14.9 Å². The first-order chi connectivity index (χ1) is 18.6. The number of carbonyl (C=O) groups is 2. The number of thiophene rings is 1. The number of anilines is 2. The molecule has 0 radical (unpaired) electrons. The molecule has 0 bridgehead atoms. The van der Waals surface area contributed by atoms with Crippen molar-refractivity contribution in [1.29, 1.82) is 0 Å². The minimum absolute atomic E-state index is 0.0343. The highest BCUT2D eigenvalue weighted by atomic mass is 32.1. The van der Waals surface area contributed by atoms with E-state index in [-0.39, 0.29) is 18.2 Å². The quantitative estimate of drug-likeness (QED) is 0.351. The Morgan fingerprint density at radius 1 is 0.974 bits per heavy atom. The summed E-state index contributed by atoms with van der Waals surface area (Å²) in [4.78, 5) is 41.0. The summed E-state index contributed by atoms with van der Waals surface area (Å²) in [6.45, 7) is 4.92. The monoisotopic (exact) mass is 529 g/mol. The van der Waals surface area contributed by atoms with Gasteiger partial charge in [-0.1, -0.05) is 49.4 Å². The highest BCUT2D eigenvalue weighted by molar-refractivity contribution is 7.18. The van der Waals surface area contributed by atoms with E-state index in [0.717, 1.165) is 33.6 Å². The lowest BCUT2D eigenvalue weighted by atomic mass is 10.0. The van der Waals surface area contributed by atoms with Gasteiger partial charge in [-0.25, -0.2) is 4.98 Å². The van der Waals surface area contributed by atoms with Crippen LogP contribution in [0.2, 0.25) is 0 Å². The van der Waals surface area contributed by atoms with Crippen LogP contribution in [-0.4, -0.2) is 66.6 Å². The Hall–Kier alpha value is -3.82. The average Bonchev–Trinajstić information content (AvgIpc) is 3.39. The van der Waals surface area contributed by atoms with E-state index in [9.17, 15) is 9.59 Å². The molecule has 0 aliphatic carbocycles. The molecule has 38 heavy (non-hydrogen) atoms. The Balaban J connectivity index is 1.30. The smallest absolute Gasteiger partial charge is 0.253 e. The summed E-state index contributed by atoms with van der Waals surface area (Å²) in [5.74, 6) is 0.951. The lowest BCUT2D eigenvalue weighted by Crippen LogP contribution is -2.49. The molecule has 0 saturated carbocycles. The lowest BCUT2D eigenvalue weighted by Gasteiger charge is -2.35. The minimum Gasteiger partial charge on any atom is -0.384 e. The molecule has 1 saturated heterocycles. The van der Waals surface area contributed by atoms with Gasteiger partial charge in [-0.15, -0.1) is 11.3 Å². The van der Waals surface area contributed by atoms with Gasteiger partial charge >= 0.3 is 0 Å². The number of carbonyl (C=O) groups excluding carboxylic acids is 2. The summed E-state index contributed by atoms with van der Waals surface area (Å²) in [5.41, 5.74) is 2.91. The highest BCUT2D eigenvalue weighted by Crippen LogP contribution is 2.33. The highest BCUT2D eigenvalue weighted by Gasteiger charge is 2.25. The number of nitrogens with zero attached hydrogens (tertiary/aromatic N) is 4. The second kappa shape index (κ2) is 11.7. The number of aryl methyl sites for hydroxylation is 1. The van der Waals surface area contributed by atoms with Crippen LogP contribution < -0.4 is 10.2 Å². The molecule has 5 rings (SSSR count). The normalized spacial score (nSPS) is 13.6. The fourth-order valence-corrected chi connectivity index (χ4v) is 5.51. The standard InChI is InChI=1S/C29H31N5O3S/c1-3-23-19-24-26(31-29(32-27(24)38-23)30-25(35)13-18-37-2)33-14-16-34(17-15-33)28(36)22-11-9-21(10-12-22)20-7-5-4-6-8-20/h4-12,19H,3,13-18H2,1-2H3,(H,30,31,32,35). The van der Waals surface area contributed by atoms with E-state index >= 15 is 0 Å². The minimum atomic E-state index is -0.182. The zero-order chi connectivity index (χ0) is 26.5. The summed E-state index contributed by atoms with van der Waals surface area (Å²) in [7, 11) is 1.57. The Labute approximate surface area is 226 Å². The van der Waals surface area contributed by atoms with Crippen LogP contribution in [0.3, 0.4) is 0 Å². The van der Waals surface area contributed by atoms with E-state index < -0.39 is 0 Å². The molecular formula is C29H31N5O3S. The van der Waals surface area contributed by atoms with Gasteiger partial charge in [0.1, 0.15) is 10.6 Å². The molecular weight excluding hydrogens is 498 g/mol. The molecule has 196 valence electrons. The third-order valence-electron chi connectivity index (χ3n) is 6.66. The second-order valence-corrected chi connectivity index (χ2v) is 10.3. The van der Waals surface area contributed by atoms with Gasteiger partial charge in [0.05, 0.1) is 18.4 Å². The summed E-state index contributed by atoms with van der Waals surface area (Å²) in [6.07, 6.45) is 1.15. The molecule has 2 aromatic heterocycles. The maximum atomic E-state index is 13.2. The number of aromatic nitrogens is 2. The van der Waals surface area contributed by atoms with Gasteiger partial charge in [-0.2, -0.15) is 4.98 Å². The molecule has 0 atom stereocenters. The molecule has 2 aromatic carbocycles. The first-order valence-corrected chi connectivity index (χ1v) is 13.7. The molecule has 1 N–H and O–H groups in total. The number of nitrogens with one attached hydrogen (secondary N) is 1. The molecule has 4 aromatic rings. The van der Waals surface area contributed by atoms with Crippen molar-refractivity contribution in [2.24, 2.45) is 0 Å². The van der Waals surface area contributed by atoms with Crippen LogP contribution >= 0.6 is 11.3 Å². The topological polar surface area (TPSA) is 87.7 Å². The zero-order valence-electron chi connectivity index (χ0n) is 21.6. The number of piperazine rings is 1. The van der Waals surface area contributed by atoms with Gasteiger partial charge in [0.15, 0.2) is 0 Å². The first kappa shape index (κ1) is 25.8. The van der Waals surface area contributed by atoms with Gasteiger partial charge in [0.25, 0.3) is 5.91 Å². The number of fused-ring (bicyclic) bond motifs is 1. The van der Waals surface area contributed by atoms with Crippen LogP contribution in [-0.2, 0) is 16.0 Å². The largest absolute Gasteiger partial charge is 0.384 e. The summed E-state index contributed by atoms with van der Waals surface area (Å²) >= 11 is 1.62. The van der Waals surface area contributed by atoms with Crippen LogP contribution in [0.15, 0.2) is 60.7 Å². The maximum absolute atomic E-state index is 13.2. The molecule has 9 heteroatoms. The summed E-state index contributed by atoms with van der Waals surface area (Å²) < 4.78 is 5.00. The predicted molar refractivity (Wildman–Crippen MR) is 152 cm³/mol. The molecule has 1 aliphatic rings. The number of rotatable bonds is 8. The number of benzene rings is 2. The molecule has 0 spiro atoms. The number of amides is 2. The molecule has 1 aliphatic heterocycles. The van der Waals surface area contributed by atoms with Crippen molar-refractivity contribution in [2.75, 3.05) is 50.1 Å². The number of hydrogen-bond acceptors (Lipinski definition) is 7. The van der Waals surface area contributed by atoms with Crippen molar-refractivity contribution in [3.05, 3.63) is 71.1 Å². The van der Waals surface area contributed by atoms with E-state index in [4.69, 9.17) is 9.72 Å². The van der Waals surface area contributed by atoms with Crippen LogP contribution in [0.4, 0.5) is 11.8 Å². The van der Waals surface area contributed by atoms with Crippen molar-refractivity contribution in [3.63, 3.8) is 0 Å². The van der Waals surface area contributed by atoms with E-state index in [1.165, 1.54) is 4.88 Å². The molecule has 1 fully saturated rings. The SMILES string of the molecule is CCc1cc2c(N3CCN(C(=O)c4ccc(-c5ccccc5)cc4)CC3)nc(NC(=O)CCOC)nc2s1. The maximum Gasteiger partial charge on any atom is 0.253 e. The van der Waals surface area contributed by atoms with E-state index in [1.807, 2.05) is 47.4 Å². The third kappa shape index (κ3) is 5.69. The fraction of sp³-hybridized carbons (Fsp3) is 0.310. The average molecular weight is 530 g/mol. The van der Waals surface area contributed by atoms with E-state index in [1.54, 1.807) is 18.4 Å². The Kier molecular flexibility index (Phi) is 7.95. The van der Waals surface area contributed by atoms with Crippen LogP contribution in [0.25, 0.3) is 21.3 Å². The molecule has 0 unspecified atom stereocenters. The van der Waals surface area contributed by atoms with Crippen LogP contribution in [0.5, 0.6) is 0 Å². The van der Waals surface area contributed by atoms with Crippen molar-refractivity contribution in [2.45, 2.75) is 19.8 Å². The number of ether oxygens (including phenoxy) is 1. The number of hydrogen-bond donors (Lipinski definition) is 1. The predicted octanol–water partition coefficient (Wildman–Crippen LogP) is 4.86. The summed E-state index contributed by atoms with van der Waals surface area (Å²) in [5, 5.41) is 3.80. The Morgan fingerprint density at radius 3 is 2.37 bits per heavy atom. The van der Waals surface area contributed by atoms with E-state index in [2.05, 4.69) is 40.3 Å². The third-order valence-corrected chi connectivity index (χ3v) is 7.84. The van der Waals surface area contributed by atoms with Crippen molar-refractivity contribution < 1.29 is 14.3 Å². The van der Waals surface area contributed by atoms with Gasteiger partial charge in [-0.3, -0.25) is 14.9 Å². The molecule has 8 nitrogen and oxygen atoms in total. The molecule has 3 heterocycles. The van der Waals surface area contributed by atoms with Gasteiger partial charge in [-0.05, 0) is 35.7 Å². The lowest BCUT2D eigenvalue weighted by molar-refractivity contribution is -0.117. The Bertz CT molecular complexity index is 1410. The van der Waals surface area contributed by atoms with Crippen molar-refractivity contribution >= 4 is 45.1 Å². The second-order valence-electron chi connectivity index (χ2n) is 9.17. The van der Waals surface area contributed by atoms with Gasteiger partial charge < -0.3 is 14.5 Å². The summed E-state index contributed by atoms with van der Waals surface area (Å²) in [6, 6.07) is 20.1. The first-order valence-electron chi connectivity index (χ1n) is 12.8. The zero-order valence-corrected chi connectivity index (χ0v) is 22.5. The number of methoxy groups -OCH3 is 1. The molecule has 2 amide bonds. The fourth-order valence-electron chi connectivity index (χ4n) is 4.55.